The number of halogens is 1. The van der Waals surface area contributed by atoms with Crippen LogP contribution in [0, 0.1) is 5.92 Å². The molecule has 0 bridgehead atoms. The van der Waals surface area contributed by atoms with Crippen LogP contribution in [0.25, 0.3) is 0 Å². The van der Waals surface area contributed by atoms with Gasteiger partial charge in [0.15, 0.2) is 0 Å². The van der Waals surface area contributed by atoms with Crippen molar-refractivity contribution in [2.45, 2.75) is 26.4 Å². The molecular formula is C14H19BrN2O3. The molecule has 0 aromatic heterocycles. The van der Waals surface area contributed by atoms with Gasteiger partial charge in [-0.15, -0.1) is 0 Å². The van der Waals surface area contributed by atoms with Crippen LogP contribution in [0.4, 0.5) is 4.79 Å². The summed E-state index contributed by atoms with van der Waals surface area (Å²) in [5.41, 5.74) is 1.00. The fourth-order valence-electron chi connectivity index (χ4n) is 1.58. The molecule has 0 aliphatic carbocycles. The smallest absolute Gasteiger partial charge is 0.317 e. The van der Waals surface area contributed by atoms with E-state index in [-0.39, 0.29) is 6.03 Å². The minimum absolute atomic E-state index is 0.284. The Kier molecular flexibility index (Phi) is 6.01. The molecule has 0 aliphatic rings. The van der Waals surface area contributed by atoms with Gasteiger partial charge in [-0.3, -0.25) is 4.79 Å². The first kappa shape index (κ1) is 16.5. The molecule has 0 aliphatic heterocycles. The van der Waals surface area contributed by atoms with Gasteiger partial charge in [0.1, 0.15) is 0 Å². The number of benzene rings is 1. The predicted octanol–water partition coefficient (Wildman–Crippen LogP) is 2.70. The number of carbonyl (C=O) groups excluding carboxylic acids is 1. The van der Waals surface area contributed by atoms with E-state index < -0.39 is 17.9 Å². The molecule has 6 heteroatoms. The standard InChI is InChI=1S/C14H19BrN2O3/c1-9(13(18)19)10(2)16-14(20)17(3)8-11-4-6-12(15)7-5-11/h4-7,9-10H,8H2,1-3H3,(H,16,20)(H,18,19). The highest BCUT2D eigenvalue weighted by Crippen LogP contribution is 2.12. The molecule has 0 heterocycles. The van der Waals surface area contributed by atoms with Crippen LogP contribution in [0.15, 0.2) is 28.7 Å². The van der Waals surface area contributed by atoms with E-state index >= 15 is 0 Å². The van der Waals surface area contributed by atoms with Crippen LogP contribution < -0.4 is 5.32 Å². The third kappa shape index (κ3) is 4.85. The number of nitrogens with zero attached hydrogens (tertiary/aromatic N) is 1. The minimum Gasteiger partial charge on any atom is -0.481 e. The fourth-order valence-corrected chi connectivity index (χ4v) is 1.84. The van der Waals surface area contributed by atoms with Gasteiger partial charge in [0.25, 0.3) is 0 Å². The van der Waals surface area contributed by atoms with Gasteiger partial charge in [0, 0.05) is 24.1 Å². The maximum Gasteiger partial charge on any atom is 0.317 e. The Labute approximate surface area is 127 Å². The lowest BCUT2D eigenvalue weighted by Gasteiger charge is -2.23. The molecule has 1 aromatic rings. The Bertz CT molecular complexity index is 476. The third-order valence-corrected chi connectivity index (χ3v) is 3.70. The lowest BCUT2D eigenvalue weighted by atomic mass is 10.0. The number of aliphatic carboxylic acids is 1. The number of nitrogens with one attached hydrogen (secondary N) is 1. The van der Waals surface area contributed by atoms with E-state index in [1.807, 2.05) is 24.3 Å². The van der Waals surface area contributed by atoms with Crippen molar-refractivity contribution in [3.05, 3.63) is 34.3 Å². The summed E-state index contributed by atoms with van der Waals surface area (Å²) in [4.78, 5) is 24.3. The molecule has 110 valence electrons. The van der Waals surface area contributed by atoms with E-state index in [2.05, 4.69) is 21.2 Å². The number of carboxylic acids is 1. The van der Waals surface area contributed by atoms with Crippen molar-refractivity contribution in [2.75, 3.05) is 7.05 Å². The van der Waals surface area contributed by atoms with Crippen LogP contribution in [0.5, 0.6) is 0 Å². The Hall–Kier alpha value is -1.56. The van der Waals surface area contributed by atoms with E-state index in [0.29, 0.717) is 6.54 Å². The molecular weight excluding hydrogens is 324 g/mol. The zero-order chi connectivity index (χ0) is 15.3. The van der Waals surface area contributed by atoms with Gasteiger partial charge in [0.05, 0.1) is 5.92 Å². The summed E-state index contributed by atoms with van der Waals surface area (Å²) in [6.45, 7) is 3.72. The zero-order valence-corrected chi connectivity index (χ0v) is 13.3. The molecule has 1 rings (SSSR count). The van der Waals surface area contributed by atoms with Gasteiger partial charge in [-0.05, 0) is 31.5 Å². The van der Waals surface area contributed by atoms with E-state index in [9.17, 15) is 9.59 Å². The average molecular weight is 343 g/mol. The summed E-state index contributed by atoms with van der Waals surface area (Å²) in [5.74, 6) is -1.55. The van der Waals surface area contributed by atoms with Gasteiger partial charge < -0.3 is 15.3 Å². The summed E-state index contributed by atoms with van der Waals surface area (Å²) in [5, 5.41) is 11.6. The Morgan fingerprint density at radius 3 is 2.35 bits per heavy atom. The van der Waals surface area contributed by atoms with Crippen molar-refractivity contribution < 1.29 is 14.7 Å². The monoisotopic (exact) mass is 342 g/mol. The molecule has 2 amide bonds. The van der Waals surface area contributed by atoms with Gasteiger partial charge in [-0.1, -0.05) is 28.1 Å². The van der Waals surface area contributed by atoms with Crippen molar-refractivity contribution in [3.63, 3.8) is 0 Å². The van der Waals surface area contributed by atoms with Crippen LogP contribution in [0.2, 0.25) is 0 Å². The normalized spacial score (nSPS) is 13.4. The molecule has 5 nitrogen and oxygen atoms in total. The van der Waals surface area contributed by atoms with Crippen molar-refractivity contribution in [1.82, 2.24) is 10.2 Å². The van der Waals surface area contributed by atoms with Crippen LogP contribution in [-0.4, -0.2) is 35.1 Å². The lowest BCUT2D eigenvalue weighted by Crippen LogP contribution is -2.45. The number of rotatable bonds is 5. The topological polar surface area (TPSA) is 69.6 Å². The molecule has 1 aromatic carbocycles. The van der Waals surface area contributed by atoms with Crippen LogP contribution in [0.3, 0.4) is 0 Å². The largest absolute Gasteiger partial charge is 0.481 e. The number of hydrogen-bond donors (Lipinski definition) is 2. The molecule has 0 spiro atoms. The van der Waals surface area contributed by atoms with E-state index in [4.69, 9.17) is 5.11 Å². The van der Waals surface area contributed by atoms with Gasteiger partial charge in [-0.2, -0.15) is 0 Å². The molecule has 0 saturated heterocycles. The van der Waals surface area contributed by atoms with Gasteiger partial charge >= 0.3 is 12.0 Å². The van der Waals surface area contributed by atoms with E-state index in [0.717, 1.165) is 10.0 Å². The summed E-state index contributed by atoms with van der Waals surface area (Å²) in [6.07, 6.45) is 0. The van der Waals surface area contributed by atoms with Gasteiger partial charge in [0.2, 0.25) is 0 Å². The molecule has 20 heavy (non-hydrogen) atoms. The Morgan fingerprint density at radius 1 is 1.30 bits per heavy atom. The molecule has 0 fully saturated rings. The number of carbonyl (C=O) groups is 2. The second-order valence-corrected chi connectivity index (χ2v) is 5.76. The van der Waals surface area contributed by atoms with Crippen LogP contribution >= 0.6 is 15.9 Å². The molecule has 0 saturated carbocycles. The van der Waals surface area contributed by atoms with E-state index in [1.165, 1.54) is 4.90 Å². The number of hydrogen-bond acceptors (Lipinski definition) is 2. The minimum atomic E-state index is -0.923. The van der Waals surface area contributed by atoms with Crippen molar-refractivity contribution in [1.29, 1.82) is 0 Å². The first-order valence-corrected chi connectivity index (χ1v) is 7.09. The van der Waals surface area contributed by atoms with Crippen molar-refractivity contribution in [3.8, 4) is 0 Å². The van der Waals surface area contributed by atoms with Crippen molar-refractivity contribution in [2.24, 2.45) is 5.92 Å². The summed E-state index contributed by atoms with van der Waals surface area (Å²) in [6, 6.07) is 6.97. The first-order valence-electron chi connectivity index (χ1n) is 6.30. The van der Waals surface area contributed by atoms with Gasteiger partial charge in [-0.25, -0.2) is 4.79 Å². The van der Waals surface area contributed by atoms with Crippen LogP contribution in [0.1, 0.15) is 19.4 Å². The number of carboxylic acid groups (broad SMARTS) is 1. The van der Waals surface area contributed by atoms with Crippen LogP contribution in [-0.2, 0) is 11.3 Å². The molecule has 2 N–H and O–H groups in total. The summed E-state index contributed by atoms with van der Waals surface area (Å²) < 4.78 is 0.984. The number of urea groups is 1. The number of amides is 2. The second kappa shape index (κ2) is 7.28. The third-order valence-electron chi connectivity index (χ3n) is 3.17. The summed E-state index contributed by atoms with van der Waals surface area (Å²) >= 11 is 3.35. The Morgan fingerprint density at radius 2 is 1.85 bits per heavy atom. The van der Waals surface area contributed by atoms with Crippen molar-refractivity contribution >= 4 is 27.9 Å². The Balaban J connectivity index is 2.54. The molecule has 2 unspecified atom stereocenters. The lowest BCUT2D eigenvalue weighted by molar-refractivity contribution is -0.141. The quantitative estimate of drug-likeness (QED) is 0.864. The summed E-state index contributed by atoms with van der Waals surface area (Å²) in [7, 11) is 1.68. The highest BCUT2D eigenvalue weighted by atomic mass is 79.9. The SMILES string of the molecule is CC(NC(=O)N(C)Cc1ccc(Br)cc1)C(C)C(=O)O. The molecule has 2 atom stereocenters. The van der Waals surface area contributed by atoms with E-state index in [1.54, 1.807) is 20.9 Å². The predicted molar refractivity (Wildman–Crippen MR) is 80.4 cm³/mol. The maximum atomic E-state index is 12.0. The maximum absolute atomic E-state index is 12.0. The fraction of sp³-hybridized carbons (Fsp3) is 0.429. The first-order chi connectivity index (χ1) is 9.31. The highest BCUT2D eigenvalue weighted by Gasteiger charge is 2.22. The average Bonchev–Trinajstić information content (AvgIpc) is 2.40. The second-order valence-electron chi connectivity index (χ2n) is 4.85. The highest BCUT2D eigenvalue weighted by molar-refractivity contribution is 9.10. The molecule has 0 radical (unpaired) electrons. The zero-order valence-electron chi connectivity index (χ0n) is 11.8.